The lowest BCUT2D eigenvalue weighted by atomic mass is 10.1. The van der Waals surface area contributed by atoms with E-state index in [1.165, 1.54) is 0 Å². The van der Waals surface area contributed by atoms with Crippen molar-refractivity contribution in [2.75, 3.05) is 6.61 Å². The van der Waals surface area contributed by atoms with Gasteiger partial charge in [0.1, 0.15) is 6.10 Å². The van der Waals surface area contributed by atoms with E-state index in [4.69, 9.17) is 19.3 Å². The third-order valence-electron chi connectivity index (χ3n) is 2.76. The van der Waals surface area contributed by atoms with Crippen LogP contribution in [0.5, 0.6) is 0 Å². The molecule has 2 aliphatic heterocycles. The predicted molar refractivity (Wildman–Crippen MR) is 49.9 cm³/mol. The van der Waals surface area contributed by atoms with E-state index in [0.717, 1.165) is 6.42 Å². The highest BCUT2D eigenvalue weighted by Crippen LogP contribution is 2.35. The van der Waals surface area contributed by atoms with E-state index in [0.29, 0.717) is 0 Å². The van der Waals surface area contributed by atoms with Gasteiger partial charge in [-0.3, -0.25) is 0 Å². The number of hydrogen-bond acceptors (Lipinski definition) is 4. The minimum absolute atomic E-state index is 0.0227. The van der Waals surface area contributed by atoms with Gasteiger partial charge in [-0.15, -0.1) is 0 Å². The zero-order valence-electron chi connectivity index (χ0n) is 8.90. The average Bonchev–Trinajstić information content (AvgIpc) is 2.74. The van der Waals surface area contributed by atoms with Gasteiger partial charge >= 0.3 is 0 Å². The lowest BCUT2D eigenvalue weighted by Crippen LogP contribution is -2.23. The Balaban J connectivity index is 1.82. The second-order valence-corrected chi connectivity index (χ2v) is 4.51. The third-order valence-corrected chi connectivity index (χ3v) is 2.76. The molecule has 2 fully saturated rings. The summed E-state index contributed by atoms with van der Waals surface area (Å²) in [5, 5.41) is 8.82. The number of epoxide rings is 1. The highest BCUT2D eigenvalue weighted by Gasteiger charge is 2.46. The van der Waals surface area contributed by atoms with Crippen LogP contribution < -0.4 is 0 Å². The molecule has 0 aromatic heterocycles. The van der Waals surface area contributed by atoms with Crippen molar-refractivity contribution in [1.82, 2.24) is 0 Å². The molecule has 82 valence electrons. The topological polar surface area (TPSA) is 51.2 Å². The Morgan fingerprint density at radius 1 is 1.14 bits per heavy atom. The Kier molecular flexibility index (Phi) is 2.55. The van der Waals surface area contributed by atoms with E-state index < -0.39 is 5.79 Å². The van der Waals surface area contributed by atoms with Crippen molar-refractivity contribution in [2.24, 2.45) is 0 Å². The smallest absolute Gasteiger partial charge is 0.163 e. The normalized spacial score (nSPS) is 45.4. The van der Waals surface area contributed by atoms with E-state index in [1.807, 2.05) is 20.8 Å². The standard InChI is InChI=1S/C10H18O4/c1-6-7(14-10(2,3)13-6)4-8-9(5-11)12-8/h6-9,11H,4-5H2,1-3H3/t6-,7-,8-,9-/m0/s1. The van der Waals surface area contributed by atoms with Crippen LogP contribution >= 0.6 is 0 Å². The molecule has 0 aliphatic carbocycles. The van der Waals surface area contributed by atoms with E-state index in [9.17, 15) is 0 Å². The van der Waals surface area contributed by atoms with Gasteiger partial charge in [0.15, 0.2) is 5.79 Å². The number of rotatable bonds is 3. The lowest BCUT2D eigenvalue weighted by molar-refractivity contribution is -0.145. The zero-order valence-corrected chi connectivity index (χ0v) is 8.90. The van der Waals surface area contributed by atoms with Crippen molar-refractivity contribution in [3.8, 4) is 0 Å². The van der Waals surface area contributed by atoms with E-state index >= 15 is 0 Å². The summed E-state index contributed by atoms with van der Waals surface area (Å²) >= 11 is 0. The van der Waals surface area contributed by atoms with Gasteiger partial charge in [0.25, 0.3) is 0 Å². The minimum Gasteiger partial charge on any atom is -0.394 e. The fourth-order valence-electron chi connectivity index (χ4n) is 2.03. The summed E-state index contributed by atoms with van der Waals surface area (Å²) in [5.41, 5.74) is 0. The monoisotopic (exact) mass is 202 g/mol. The molecular formula is C10H18O4. The number of ether oxygens (including phenoxy) is 3. The molecule has 0 aromatic carbocycles. The van der Waals surface area contributed by atoms with Crippen LogP contribution in [0.3, 0.4) is 0 Å². The molecule has 0 amide bonds. The molecule has 4 heteroatoms. The number of aliphatic hydroxyl groups excluding tert-OH is 1. The molecule has 1 N–H and O–H groups in total. The van der Waals surface area contributed by atoms with Crippen molar-refractivity contribution in [1.29, 1.82) is 0 Å². The molecule has 0 radical (unpaired) electrons. The Morgan fingerprint density at radius 3 is 2.29 bits per heavy atom. The first-order chi connectivity index (χ1) is 6.52. The summed E-state index contributed by atoms with van der Waals surface area (Å²) in [4.78, 5) is 0. The van der Waals surface area contributed by atoms with Crippen LogP contribution in [-0.2, 0) is 14.2 Å². The van der Waals surface area contributed by atoms with Crippen LogP contribution in [0.2, 0.25) is 0 Å². The van der Waals surface area contributed by atoms with Crippen molar-refractivity contribution >= 4 is 0 Å². The van der Waals surface area contributed by atoms with Crippen molar-refractivity contribution < 1.29 is 19.3 Å². The minimum atomic E-state index is -0.478. The first-order valence-electron chi connectivity index (χ1n) is 5.14. The summed E-state index contributed by atoms with van der Waals surface area (Å²) in [5.74, 6) is -0.478. The summed E-state index contributed by atoms with van der Waals surface area (Å²) < 4.78 is 16.6. The maximum absolute atomic E-state index is 8.82. The van der Waals surface area contributed by atoms with Crippen LogP contribution in [0.25, 0.3) is 0 Å². The maximum atomic E-state index is 8.82. The van der Waals surface area contributed by atoms with Crippen LogP contribution in [-0.4, -0.2) is 41.9 Å². The van der Waals surface area contributed by atoms with E-state index in [-0.39, 0.29) is 31.0 Å². The van der Waals surface area contributed by atoms with Gasteiger partial charge < -0.3 is 19.3 Å². The largest absolute Gasteiger partial charge is 0.394 e. The van der Waals surface area contributed by atoms with Crippen LogP contribution in [0.15, 0.2) is 0 Å². The number of hydrogen-bond donors (Lipinski definition) is 1. The molecule has 0 bridgehead atoms. The summed E-state index contributed by atoms with van der Waals surface area (Å²) in [6, 6.07) is 0. The second-order valence-electron chi connectivity index (χ2n) is 4.51. The third kappa shape index (κ3) is 2.08. The molecule has 14 heavy (non-hydrogen) atoms. The van der Waals surface area contributed by atoms with Gasteiger partial charge in [0.05, 0.1) is 24.9 Å². The van der Waals surface area contributed by atoms with Crippen molar-refractivity contribution in [3.05, 3.63) is 0 Å². The van der Waals surface area contributed by atoms with Gasteiger partial charge in [-0.1, -0.05) is 0 Å². The predicted octanol–water partition coefficient (Wildman–Crippen LogP) is 0.676. The molecule has 0 spiro atoms. The molecule has 0 saturated carbocycles. The quantitative estimate of drug-likeness (QED) is 0.684. The summed E-state index contributed by atoms with van der Waals surface area (Å²) in [6.45, 7) is 5.95. The molecule has 0 unspecified atom stereocenters. The highest BCUT2D eigenvalue weighted by atomic mass is 16.8. The highest BCUT2D eigenvalue weighted by molar-refractivity contribution is 4.90. The maximum Gasteiger partial charge on any atom is 0.163 e. The number of aliphatic hydroxyl groups is 1. The summed E-state index contributed by atoms with van der Waals surface area (Å²) in [7, 11) is 0. The molecule has 2 heterocycles. The SMILES string of the molecule is C[C@@H]1OC(C)(C)O[C@H]1C[C@@H]1O[C@H]1CO. The Labute approximate surface area is 84.1 Å². The molecule has 2 aliphatic rings. The second kappa shape index (κ2) is 3.45. The average molecular weight is 202 g/mol. The lowest BCUT2D eigenvalue weighted by Gasteiger charge is -2.16. The molecule has 4 atom stereocenters. The first-order valence-corrected chi connectivity index (χ1v) is 5.14. The van der Waals surface area contributed by atoms with Gasteiger partial charge in [0, 0.05) is 6.42 Å². The van der Waals surface area contributed by atoms with E-state index in [1.54, 1.807) is 0 Å². The summed E-state index contributed by atoms with van der Waals surface area (Å²) in [6.07, 6.45) is 1.19. The Morgan fingerprint density at radius 2 is 1.86 bits per heavy atom. The van der Waals surface area contributed by atoms with Crippen LogP contribution in [0.1, 0.15) is 27.2 Å². The van der Waals surface area contributed by atoms with Gasteiger partial charge in [-0.05, 0) is 20.8 Å². The zero-order chi connectivity index (χ0) is 10.3. The van der Waals surface area contributed by atoms with Gasteiger partial charge in [-0.25, -0.2) is 0 Å². The van der Waals surface area contributed by atoms with Crippen LogP contribution in [0.4, 0.5) is 0 Å². The molecule has 2 saturated heterocycles. The van der Waals surface area contributed by atoms with Gasteiger partial charge in [-0.2, -0.15) is 0 Å². The Bertz CT molecular complexity index is 216. The first kappa shape index (κ1) is 10.4. The molecule has 4 nitrogen and oxygen atoms in total. The van der Waals surface area contributed by atoms with Gasteiger partial charge in [0.2, 0.25) is 0 Å². The van der Waals surface area contributed by atoms with Crippen LogP contribution in [0, 0.1) is 0 Å². The molecule has 2 rings (SSSR count). The Hall–Kier alpha value is -0.160. The molecular weight excluding hydrogens is 184 g/mol. The van der Waals surface area contributed by atoms with Crippen molar-refractivity contribution in [2.45, 2.75) is 57.4 Å². The van der Waals surface area contributed by atoms with Crippen molar-refractivity contribution in [3.63, 3.8) is 0 Å². The molecule has 0 aromatic rings. The van der Waals surface area contributed by atoms with E-state index in [2.05, 4.69) is 0 Å². The fraction of sp³-hybridized carbons (Fsp3) is 1.00. The fourth-order valence-corrected chi connectivity index (χ4v) is 2.03.